The van der Waals surface area contributed by atoms with Crippen LogP contribution in [0.1, 0.15) is 43.5 Å². The number of ether oxygens (including phenoxy) is 1. The molecule has 0 aliphatic heterocycles. The summed E-state index contributed by atoms with van der Waals surface area (Å²) in [6.45, 7) is 0.496. The number of aryl methyl sites for hydroxylation is 1. The van der Waals surface area contributed by atoms with Gasteiger partial charge in [-0.2, -0.15) is 0 Å². The highest BCUT2D eigenvalue weighted by atomic mass is 19.1. The van der Waals surface area contributed by atoms with Crippen molar-refractivity contribution in [1.82, 2.24) is 14.9 Å². The summed E-state index contributed by atoms with van der Waals surface area (Å²) in [7, 11) is 3.57. The monoisotopic (exact) mass is 409 g/mol. The van der Waals surface area contributed by atoms with Gasteiger partial charge in [0.25, 0.3) is 0 Å². The van der Waals surface area contributed by atoms with Gasteiger partial charge in [-0.05, 0) is 42.7 Å². The molecule has 0 atom stereocenters. The van der Waals surface area contributed by atoms with Crippen LogP contribution >= 0.6 is 0 Å². The molecule has 1 aliphatic carbocycles. The molecule has 0 spiro atoms. The minimum atomic E-state index is -0.486. The molecular weight excluding hydrogens is 381 g/mol. The third-order valence-electron chi connectivity index (χ3n) is 6.35. The first-order chi connectivity index (χ1) is 14.5. The van der Waals surface area contributed by atoms with Gasteiger partial charge in [-0.1, -0.05) is 31.4 Å². The van der Waals surface area contributed by atoms with Crippen molar-refractivity contribution in [1.29, 1.82) is 0 Å². The van der Waals surface area contributed by atoms with Gasteiger partial charge in [0.1, 0.15) is 17.4 Å². The number of fused-ring (bicyclic) bond motifs is 1. The molecule has 1 N–H and O–H groups in total. The fourth-order valence-electron chi connectivity index (χ4n) is 4.62. The van der Waals surface area contributed by atoms with Gasteiger partial charge < -0.3 is 14.6 Å². The number of nitrogens with zero attached hydrogens (tertiary/aromatic N) is 2. The Morgan fingerprint density at radius 2 is 1.90 bits per heavy atom. The van der Waals surface area contributed by atoms with E-state index in [1.54, 1.807) is 13.2 Å². The van der Waals surface area contributed by atoms with Gasteiger partial charge in [-0.15, -0.1) is 0 Å². The molecule has 1 amide bonds. The lowest BCUT2D eigenvalue weighted by Gasteiger charge is -2.36. The Morgan fingerprint density at radius 3 is 2.60 bits per heavy atom. The Labute approximate surface area is 176 Å². The minimum Gasteiger partial charge on any atom is -0.497 e. The van der Waals surface area contributed by atoms with E-state index in [9.17, 15) is 9.18 Å². The zero-order chi connectivity index (χ0) is 21.1. The van der Waals surface area contributed by atoms with E-state index in [4.69, 9.17) is 4.74 Å². The number of carbonyl (C=O) groups excluding carboxylic acids is 1. The van der Waals surface area contributed by atoms with E-state index in [1.165, 1.54) is 18.6 Å². The summed E-state index contributed by atoms with van der Waals surface area (Å²) < 4.78 is 20.7. The van der Waals surface area contributed by atoms with Crippen molar-refractivity contribution >= 4 is 16.9 Å². The van der Waals surface area contributed by atoms with Crippen molar-refractivity contribution < 1.29 is 13.9 Å². The van der Waals surface area contributed by atoms with Crippen LogP contribution in [0.25, 0.3) is 11.0 Å². The third-order valence-corrected chi connectivity index (χ3v) is 6.35. The van der Waals surface area contributed by atoms with Gasteiger partial charge in [-0.3, -0.25) is 4.79 Å². The summed E-state index contributed by atoms with van der Waals surface area (Å²) in [6.07, 6.45) is 5.58. The average molecular weight is 410 g/mol. The predicted octanol–water partition coefficient (Wildman–Crippen LogP) is 4.28. The maximum atomic E-state index is 13.5. The van der Waals surface area contributed by atoms with Gasteiger partial charge in [0, 0.05) is 26.1 Å². The van der Waals surface area contributed by atoms with Gasteiger partial charge >= 0.3 is 0 Å². The normalized spacial score (nSPS) is 15.8. The van der Waals surface area contributed by atoms with E-state index in [1.807, 2.05) is 35.9 Å². The fourth-order valence-corrected chi connectivity index (χ4v) is 4.62. The number of amides is 1. The molecule has 1 heterocycles. The van der Waals surface area contributed by atoms with Crippen LogP contribution < -0.4 is 10.1 Å². The van der Waals surface area contributed by atoms with Crippen LogP contribution in [-0.4, -0.2) is 29.1 Å². The van der Waals surface area contributed by atoms with E-state index in [0.717, 1.165) is 48.3 Å². The number of hydrogen-bond acceptors (Lipinski definition) is 3. The first-order valence-electron chi connectivity index (χ1n) is 10.6. The highest BCUT2D eigenvalue weighted by Crippen LogP contribution is 2.40. The number of imidazole rings is 1. The van der Waals surface area contributed by atoms with Gasteiger partial charge in [-0.25, -0.2) is 9.37 Å². The lowest BCUT2D eigenvalue weighted by Crippen LogP contribution is -2.46. The summed E-state index contributed by atoms with van der Waals surface area (Å²) >= 11 is 0. The predicted molar refractivity (Wildman–Crippen MR) is 115 cm³/mol. The standard InChI is InChI=1S/C24H28FN3O2/c1-28-21-11-8-18(25)16-20(21)27-22(28)12-15-26-23(29)24(13-4-3-5-14-24)17-6-9-19(30-2)10-7-17/h6-11,16H,3-5,12-15H2,1-2H3,(H,26,29). The zero-order valence-electron chi connectivity index (χ0n) is 17.6. The van der Waals surface area contributed by atoms with Crippen molar-refractivity contribution in [3.63, 3.8) is 0 Å². The molecule has 5 nitrogen and oxygen atoms in total. The van der Waals surface area contributed by atoms with Crippen LogP contribution in [-0.2, 0) is 23.7 Å². The molecule has 4 rings (SSSR count). The Morgan fingerprint density at radius 1 is 1.17 bits per heavy atom. The average Bonchev–Trinajstić information content (AvgIpc) is 3.08. The number of benzene rings is 2. The Balaban J connectivity index is 1.48. The van der Waals surface area contributed by atoms with Crippen LogP contribution in [0.15, 0.2) is 42.5 Å². The summed E-state index contributed by atoms with van der Waals surface area (Å²) in [5.41, 5.74) is 2.10. The fraction of sp³-hybridized carbons (Fsp3) is 0.417. The third kappa shape index (κ3) is 3.78. The first-order valence-corrected chi connectivity index (χ1v) is 10.6. The number of hydrogen-bond donors (Lipinski definition) is 1. The number of halogens is 1. The number of methoxy groups -OCH3 is 1. The quantitative estimate of drug-likeness (QED) is 0.661. The van der Waals surface area contributed by atoms with Crippen molar-refractivity contribution in [2.75, 3.05) is 13.7 Å². The Bertz CT molecular complexity index is 1040. The highest BCUT2D eigenvalue weighted by Gasteiger charge is 2.40. The highest BCUT2D eigenvalue weighted by molar-refractivity contribution is 5.88. The maximum Gasteiger partial charge on any atom is 0.230 e. The van der Waals surface area contributed by atoms with Gasteiger partial charge in [0.2, 0.25) is 5.91 Å². The number of nitrogens with one attached hydrogen (secondary N) is 1. The second kappa shape index (κ2) is 8.46. The minimum absolute atomic E-state index is 0.0807. The summed E-state index contributed by atoms with van der Waals surface area (Å²) in [6, 6.07) is 12.5. The molecule has 0 radical (unpaired) electrons. The molecule has 1 saturated carbocycles. The molecule has 1 fully saturated rings. The smallest absolute Gasteiger partial charge is 0.230 e. The molecule has 0 saturated heterocycles. The molecule has 158 valence electrons. The number of aromatic nitrogens is 2. The second-order valence-corrected chi connectivity index (χ2v) is 8.10. The molecule has 3 aromatic rings. The summed E-state index contributed by atoms with van der Waals surface area (Å²) in [5, 5.41) is 3.15. The maximum absolute atomic E-state index is 13.5. The molecule has 6 heteroatoms. The van der Waals surface area contributed by atoms with Crippen molar-refractivity contribution in [2.24, 2.45) is 7.05 Å². The van der Waals surface area contributed by atoms with Crippen molar-refractivity contribution in [3.05, 3.63) is 59.7 Å². The van der Waals surface area contributed by atoms with E-state index in [-0.39, 0.29) is 11.7 Å². The molecule has 2 aromatic carbocycles. The number of carbonyl (C=O) groups is 1. The van der Waals surface area contributed by atoms with Crippen LogP contribution in [0.3, 0.4) is 0 Å². The molecular formula is C24H28FN3O2. The van der Waals surface area contributed by atoms with E-state index in [2.05, 4.69) is 10.3 Å². The van der Waals surface area contributed by atoms with E-state index < -0.39 is 5.41 Å². The largest absolute Gasteiger partial charge is 0.497 e. The van der Waals surface area contributed by atoms with Crippen LogP contribution in [0.2, 0.25) is 0 Å². The van der Waals surface area contributed by atoms with Crippen molar-refractivity contribution in [3.8, 4) is 5.75 Å². The van der Waals surface area contributed by atoms with E-state index >= 15 is 0 Å². The van der Waals surface area contributed by atoms with Gasteiger partial charge in [0.15, 0.2) is 0 Å². The number of rotatable bonds is 6. The molecule has 1 aliphatic rings. The molecule has 0 unspecified atom stereocenters. The Kier molecular flexibility index (Phi) is 5.75. The van der Waals surface area contributed by atoms with Crippen LogP contribution in [0.5, 0.6) is 5.75 Å². The summed E-state index contributed by atoms with van der Waals surface area (Å²) in [5.74, 6) is 1.41. The second-order valence-electron chi connectivity index (χ2n) is 8.10. The van der Waals surface area contributed by atoms with Gasteiger partial charge in [0.05, 0.1) is 23.6 Å². The summed E-state index contributed by atoms with van der Waals surface area (Å²) in [4.78, 5) is 17.9. The first kappa shape index (κ1) is 20.4. The van der Waals surface area contributed by atoms with E-state index in [0.29, 0.717) is 18.5 Å². The van der Waals surface area contributed by atoms with Crippen molar-refractivity contribution in [2.45, 2.75) is 43.9 Å². The SMILES string of the molecule is COc1ccc(C2(C(=O)NCCc3nc4cc(F)ccc4n3C)CCCCC2)cc1. The molecule has 0 bridgehead atoms. The molecule has 30 heavy (non-hydrogen) atoms. The molecule has 1 aromatic heterocycles. The zero-order valence-corrected chi connectivity index (χ0v) is 17.6. The lowest BCUT2D eigenvalue weighted by atomic mass is 9.68. The topological polar surface area (TPSA) is 56.1 Å². The Hall–Kier alpha value is -2.89. The van der Waals surface area contributed by atoms with Crippen LogP contribution in [0, 0.1) is 5.82 Å². The van der Waals surface area contributed by atoms with Crippen LogP contribution in [0.4, 0.5) is 4.39 Å². The lowest BCUT2D eigenvalue weighted by molar-refractivity contribution is -0.128.